The zero-order valence-electron chi connectivity index (χ0n) is 16.5. The molecular weight excluding hydrogens is 394 g/mol. The van der Waals surface area contributed by atoms with Crippen LogP contribution in [0.4, 0.5) is 0 Å². The van der Waals surface area contributed by atoms with Gasteiger partial charge in [-0.3, -0.25) is 4.79 Å². The lowest BCUT2D eigenvalue weighted by molar-refractivity contribution is -0.139. The molecule has 0 unspecified atom stereocenters. The smallest absolute Gasteiger partial charge is 0.338 e. The first-order valence-electron chi connectivity index (χ1n) is 9.22. The minimum absolute atomic E-state index is 0.252. The first kappa shape index (κ1) is 20.8. The van der Waals surface area contributed by atoms with E-state index in [-0.39, 0.29) is 13.2 Å². The highest BCUT2D eigenvalue weighted by atomic mass is 32.2. The van der Waals surface area contributed by atoms with Crippen molar-refractivity contribution >= 4 is 28.8 Å². The molecule has 1 atom stereocenters. The van der Waals surface area contributed by atoms with Gasteiger partial charge in [-0.15, -0.1) is 0 Å². The summed E-state index contributed by atoms with van der Waals surface area (Å²) in [6.45, 7) is 5.85. The Morgan fingerprint density at radius 1 is 1.21 bits per heavy atom. The van der Waals surface area contributed by atoms with Gasteiger partial charge in [0.25, 0.3) is 5.91 Å². The second-order valence-corrected chi connectivity index (χ2v) is 7.09. The van der Waals surface area contributed by atoms with Crippen molar-refractivity contribution < 1.29 is 23.8 Å². The van der Waals surface area contributed by atoms with E-state index in [0.717, 1.165) is 10.7 Å². The van der Waals surface area contributed by atoms with Crippen molar-refractivity contribution in [2.45, 2.75) is 26.8 Å². The van der Waals surface area contributed by atoms with Gasteiger partial charge in [0, 0.05) is 6.20 Å². The summed E-state index contributed by atoms with van der Waals surface area (Å²) in [6, 6.07) is 4.92. The predicted molar refractivity (Wildman–Crippen MR) is 110 cm³/mol. The maximum atomic E-state index is 12.7. The van der Waals surface area contributed by atoms with E-state index < -0.39 is 17.9 Å². The maximum Gasteiger partial charge on any atom is 0.338 e. The molecule has 29 heavy (non-hydrogen) atoms. The van der Waals surface area contributed by atoms with Gasteiger partial charge in [-0.25, -0.2) is 9.79 Å². The largest absolute Gasteiger partial charge is 0.490 e. The lowest BCUT2D eigenvalue weighted by Crippen LogP contribution is -2.34. The van der Waals surface area contributed by atoms with Crippen LogP contribution in [0.3, 0.4) is 0 Å². The number of allylic oxidation sites excluding steroid dienone is 1. The van der Waals surface area contributed by atoms with Gasteiger partial charge >= 0.3 is 5.97 Å². The lowest BCUT2D eigenvalue weighted by atomic mass is 9.94. The highest BCUT2D eigenvalue weighted by Crippen LogP contribution is 2.43. The van der Waals surface area contributed by atoms with Crippen LogP contribution >= 0.6 is 11.8 Å². The van der Waals surface area contributed by atoms with E-state index in [2.05, 4.69) is 4.99 Å². The van der Waals surface area contributed by atoms with E-state index in [4.69, 9.17) is 19.9 Å². The Bertz CT molecular complexity index is 909. The van der Waals surface area contributed by atoms with Crippen LogP contribution in [-0.2, 0) is 14.3 Å². The Kier molecular flexibility index (Phi) is 6.48. The van der Waals surface area contributed by atoms with Crippen LogP contribution in [0.25, 0.3) is 0 Å². The number of esters is 1. The molecule has 1 amide bonds. The summed E-state index contributed by atoms with van der Waals surface area (Å²) in [4.78, 5) is 30.3. The minimum Gasteiger partial charge on any atom is -0.490 e. The summed E-state index contributed by atoms with van der Waals surface area (Å²) in [5.74, 6) is -0.113. The second-order valence-electron chi connectivity index (χ2n) is 6.22. The molecule has 8 nitrogen and oxygen atoms in total. The first-order chi connectivity index (χ1) is 14.0. The topological polar surface area (TPSA) is 103 Å². The standard InChI is InChI=1S/C20H23N3O5S/c1-4-26-15-10-13(6-7-14(15)28-11-16(21)24)18-17(19(25)27-5-2)12(3)22-20-23(18)8-9-29-20/h6-10,18H,4-5,11H2,1-3H3,(H2,21,24)/t18-/m0/s1. The van der Waals surface area contributed by atoms with Crippen LogP contribution in [-0.4, -0.2) is 41.8 Å². The SMILES string of the molecule is CCOC(=O)C1=C(C)N=C2SC=CN2[C@H]1c1ccc(OCC(N)=O)c(OCC)c1. The summed E-state index contributed by atoms with van der Waals surface area (Å²) in [7, 11) is 0. The summed E-state index contributed by atoms with van der Waals surface area (Å²) >= 11 is 1.49. The van der Waals surface area contributed by atoms with Gasteiger partial charge in [0.1, 0.15) is 0 Å². The number of nitrogens with zero attached hydrogens (tertiary/aromatic N) is 2. The highest BCUT2D eigenvalue weighted by Gasteiger charge is 2.37. The van der Waals surface area contributed by atoms with Crippen molar-refractivity contribution in [2.24, 2.45) is 10.7 Å². The van der Waals surface area contributed by atoms with Crippen molar-refractivity contribution in [3.05, 3.63) is 46.6 Å². The molecule has 0 bridgehead atoms. The van der Waals surface area contributed by atoms with Crippen LogP contribution < -0.4 is 15.2 Å². The molecule has 2 heterocycles. The number of carbonyl (C=O) groups is 2. The fraction of sp³-hybridized carbons (Fsp3) is 0.350. The number of hydrogen-bond acceptors (Lipinski definition) is 8. The zero-order chi connectivity index (χ0) is 21.0. The molecule has 0 saturated heterocycles. The third kappa shape index (κ3) is 4.40. The van der Waals surface area contributed by atoms with E-state index in [1.807, 2.05) is 29.5 Å². The average molecular weight is 417 g/mol. The van der Waals surface area contributed by atoms with Crippen molar-refractivity contribution in [1.82, 2.24) is 4.90 Å². The van der Waals surface area contributed by atoms with Crippen molar-refractivity contribution in [2.75, 3.05) is 19.8 Å². The average Bonchev–Trinajstić information content (AvgIpc) is 3.14. The summed E-state index contributed by atoms with van der Waals surface area (Å²) in [5, 5.41) is 2.70. The van der Waals surface area contributed by atoms with Gasteiger partial charge in [0.2, 0.25) is 0 Å². The van der Waals surface area contributed by atoms with E-state index in [0.29, 0.717) is 29.4 Å². The molecule has 1 aromatic carbocycles. The molecule has 2 aliphatic rings. The highest BCUT2D eigenvalue weighted by molar-refractivity contribution is 8.16. The third-order valence-electron chi connectivity index (χ3n) is 4.27. The van der Waals surface area contributed by atoms with Crippen LogP contribution in [0.15, 0.2) is 46.1 Å². The molecule has 0 spiro atoms. The summed E-state index contributed by atoms with van der Waals surface area (Å²) in [5.41, 5.74) is 7.06. The number of thioether (sulfide) groups is 1. The molecule has 9 heteroatoms. The fourth-order valence-corrected chi connectivity index (χ4v) is 3.92. The summed E-state index contributed by atoms with van der Waals surface area (Å²) < 4.78 is 16.4. The molecule has 154 valence electrons. The molecule has 0 radical (unpaired) electrons. The van der Waals surface area contributed by atoms with Gasteiger partial charge in [-0.05, 0) is 43.9 Å². The Morgan fingerprint density at radius 2 is 2.00 bits per heavy atom. The number of carbonyl (C=O) groups excluding carboxylic acids is 2. The van der Waals surface area contributed by atoms with Gasteiger partial charge < -0.3 is 24.8 Å². The lowest BCUT2D eigenvalue weighted by Gasteiger charge is -2.33. The van der Waals surface area contributed by atoms with Gasteiger partial charge in [-0.1, -0.05) is 17.8 Å². The number of fused-ring (bicyclic) bond motifs is 1. The van der Waals surface area contributed by atoms with E-state index in [1.54, 1.807) is 26.0 Å². The molecule has 0 aliphatic carbocycles. The molecule has 2 aliphatic heterocycles. The number of primary amides is 1. The molecular formula is C20H23N3O5S. The molecule has 0 fully saturated rings. The monoisotopic (exact) mass is 417 g/mol. The third-order valence-corrected chi connectivity index (χ3v) is 5.04. The van der Waals surface area contributed by atoms with Crippen LogP contribution in [0.1, 0.15) is 32.4 Å². The van der Waals surface area contributed by atoms with E-state index >= 15 is 0 Å². The zero-order valence-corrected chi connectivity index (χ0v) is 17.3. The molecule has 2 N–H and O–H groups in total. The van der Waals surface area contributed by atoms with Crippen molar-refractivity contribution in [3.63, 3.8) is 0 Å². The van der Waals surface area contributed by atoms with E-state index in [9.17, 15) is 9.59 Å². The van der Waals surface area contributed by atoms with Gasteiger partial charge in [0.15, 0.2) is 23.3 Å². The summed E-state index contributed by atoms with van der Waals surface area (Å²) in [6.07, 6.45) is 1.89. The quantitative estimate of drug-likeness (QED) is 0.649. The normalized spacial score (nSPS) is 17.7. The Balaban J connectivity index is 2.04. The Hall–Kier alpha value is -2.94. The minimum atomic E-state index is -0.577. The van der Waals surface area contributed by atoms with E-state index in [1.165, 1.54) is 11.8 Å². The van der Waals surface area contributed by atoms with Crippen LogP contribution in [0.5, 0.6) is 11.5 Å². The number of amidine groups is 1. The molecule has 3 rings (SSSR count). The van der Waals surface area contributed by atoms with Crippen molar-refractivity contribution in [3.8, 4) is 11.5 Å². The van der Waals surface area contributed by atoms with Crippen LogP contribution in [0.2, 0.25) is 0 Å². The number of aliphatic imine (C=N–C) groups is 1. The molecule has 0 saturated carbocycles. The predicted octanol–water partition coefficient (Wildman–Crippen LogP) is 2.72. The van der Waals surface area contributed by atoms with Crippen LogP contribution in [0, 0.1) is 0 Å². The fourth-order valence-electron chi connectivity index (χ4n) is 3.13. The number of nitrogens with two attached hydrogens (primary N) is 1. The molecule has 0 aromatic heterocycles. The number of rotatable bonds is 8. The number of ether oxygens (including phenoxy) is 3. The number of amides is 1. The maximum absolute atomic E-state index is 12.7. The number of benzene rings is 1. The van der Waals surface area contributed by atoms with Gasteiger partial charge in [0.05, 0.1) is 30.5 Å². The Morgan fingerprint density at radius 3 is 2.69 bits per heavy atom. The van der Waals surface area contributed by atoms with Crippen molar-refractivity contribution in [1.29, 1.82) is 0 Å². The number of hydrogen-bond donors (Lipinski definition) is 1. The first-order valence-corrected chi connectivity index (χ1v) is 10.1. The Labute approximate surface area is 173 Å². The molecule has 1 aromatic rings. The second kappa shape index (κ2) is 9.04. The van der Waals surface area contributed by atoms with Gasteiger partial charge in [-0.2, -0.15) is 0 Å².